The van der Waals surface area contributed by atoms with E-state index in [1.807, 2.05) is 72.0 Å². The maximum atomic E-state index is 5.09. The Labute approximate surface area is 352 Å². The fourth-order valence-corrected chi connectivity index (χ4v) is 9.46. The molecule has 0 aliphatic rings. The third kappa shape index (κ3) is 6.48. The van der Waals surface area contributed by atoms with Crippen LogP contribution in [0.2, 0.25) is 0 Å². The fourth-order valence-electron chi connectivity index (χ4n) is 8.29. The Hall–Kier alpha value is -7.73. The lowest BCUT2D eigenvalue weighted by atomic mass is 9.92. The standard InChI is InChI=1S/C55H36N4S/c1-5-16-38(17-6-1)53-56-54(39-18-7-2-8-19-39)58-55(57-53)48-35-34-46(44-24-13-14-25-45(44)48)47-26-15-27-50-52(47)49-33-30-40(36-51(49)60-50)37-28-31-43(32-29-37)59(41-20-9-3-10-21-41)42-22-11-4-12-23-42/h1-36H. The summed E-state index contributed by atoms with van der Waals surface area (Å²) < 4.78 is 2.53. The minimum absolute atomic E-state index is 0.651. The Bertz CT molecular complexity index is 3200. The summed E-state index contributed by atoms with van der Waals surface area (Å²) in [5, 5.41) is 4.79. The van der Waals surface area contributed by atoms with Crippen molar-refractivity contribution in [1.29, 1.82) is 0 Å². The highest BCUT2D eigenvalue weighted by atomic mass is 32.1. The number of nitrogens with zero attached hydrogens (tertiary/aromatic N) is 4. The molecule has 0 fully saturated rings. The van der Waals surface area contributed by atoms with Crippen molar-refractivity contribution in [2.45, 2.75) is 0 Å². The summed E-state index contributed by atoms with van der Waals surface area (Å²) in [7, 11) is 0. The van der Waals surface area contributed by atoms with Gasteiger partial charge in [-0.15, -0.1) is 11.3 Å². The molecule has 0 spiro atoms. The second-order valence-electron chi connectivity index (χ2n) is 14.8. The molecular formula is C55H36N4S. The lowest BCUT2D eigenvalue weighted by Crippen LogP contribution is -2.09. The van der Waals surface area contributed by atoms with Crippen LogP contribution in [0, 0.1) is 0 Å². The molecule has 0 aliphatic heterocycles. The molecular weight excluding hydrogens is 749 g/mol. The molecule has 2 heterocycles. The zero-order valence-corrected chi connectivity index (χ0v) is 33.3. The topological polar surface area (TPSA) is 41.9 Å². The summed E-state index contributed by atoms with van der Waals surface area (Å²) in [6.45, 7) is 0. The molecule has 0 amide bonds. The van der Waals surface area contributed by atoms with Gasteiger partial charge < -0.3 is 4.90 Å². The number of para-hydroxylation sites is 2. The fraction of sp³-hybridized carbons (Fsp3) is 0. The molecule has 11 rings (SSSR count). The van der Waals surface area contributed by atoms with Crippen molar-refractivity contribution in [3.05, 3.63) is 218 Å². The summed E-state index contributed by atoms with van der Waals surface area (Å²) in [4.78, 5) is 17.4. The number of hydrogen-bond acceptors (Lipinski definition) is 5. The van der Waals surface area contributed by atoms with E-state index in [0.717, 1.165) is 44.5 Å². The summed E-state index contributed by atoms with van der Waals surface area (Å²) >= 11 is 1.85. The Morgan fingerprint density at radius 3 is 1.42 bits per heavy atom. The third-order valence-corrected chi connectivity index (χ3v) is 12.3. The molecule has 4 nitrogen and oxygen atoms in total. The van der Waals surface area contributed by atoms with Gasteiger partial charge in [-0.05, 0) is 87.6 Å². The van der Waals surface area contributed by atoms with Crippen LogP contribution in [0.15, 0.2) is 218 Å². The zero-order chi connectivity index (χ0) is 39.8. The highest BCUT2D eigenvalue weighted by Gasteiger charge is 2.19. The first-order valence-corrected chi connectivity index (χ1v) is 20.9. The van der Waals surface area contributed by atoms with Gasteiger partial charge in [0.2, 0.25) is 0 Å². The number of benzene rings is 9. The molecule has 2 aromatic heterocycles. The van der Waals surface area contributed by atoms with Crippen molar-refractivity contribution in [2.24, 2.45) is 0 Å². The summed E-state index contributed by atoms with van der Waals surface area (Å²) in [5.41, 5.74) is 11.0. The molecule has 0 saturated carbocycles. The SMILES string of the molecule is c1ccc(-c2nc(-c3ccccc3)nc(-c3ccc(-c4cccc5sc6cc(-c7ccc(N(c8ccccc8)c8ccccc8)cc7)ccc6c45)c4ccccc34)n2)cc1. The van der Waals surface area contributed by atoms with E-state index < -0.39 is 0 Å². The van der Waals surface area contributed by atoms with Crippen LogP contribution in [0.5, 0.6) is 0 Å². The normalized spacial score (nSPS) is 11.3. The highest BCUT2D eigenvalue weighted by molar-refractivity contribution is 7.26. The van der Waals surface area contributed by atoms with E-state index in [0.29, 0.717) is 17.5 Å². The third-order valence-electron chi connectivity index (χ3n) is 11.1. The molecule has 0 aliphatic carbocycles. The van der Waals surface area contributed by atoms with Crippen molar-refractivity contribution >= 4 is 59.3 Å². The van der Waals surface area contributed by atoms with Gasteiger partial charge in [-0.25, -0.2) is 15.0 Å². The maximum absolute atomic E-state index is 5.09. The number of thiophene rings is 1. The minimum atomic E-state index is 0.651. The van der Waals surface area contributed by atoms with Crippen molar-refractivity contribution < 1.29 is 0 Å². The van der Waals surface area contributed by atoms with Gasteiger partial charge in [0.05, 0.1) is 0 Å². The van der Waals surface area contributed by atoms with E-state index in [-0.39, 0.29) is 0 Å². The number of anilines is 3. The smallest absolute Gasteiger partial charge is 0.164 e. The van der Waals surface area contributed by atoms with Gasteiger partial charge in [-0.3, -0.25) is 0 Å². The first kappa shape index (κ1) is 35.4. The Morgan fingerprint density at radius 2 is 0.800 bits per heavy atom. The monoisotopic (exact) mass is 784 g/mol. The molecule has 9 aromatic carbocycles. The average molecular weight is 785 g/mol. The summed E-state index contributed by atoms with van der Waals surface area (Å²) in [5.74, 6) is 1.95. The quantitative estimate of drug-likeness (QED) is 0.154. The minimum Gasteiger partial charge on any atom is -0.311 e. The van der Waals surface area contributed by atoms with Crippen LogP contribution in [-0.4, -0.2) is 15.0 Å². The van der Waals surface area contributed by atoms with Crippen LogP contribution in [0.3, 0.4) is 0 Å². The molecule has 0 saturated heterocycles. The lowest BCUT2D eigenvalue weighted by Gasteiger charge is -2.25. The molecule has 0 atom stereocenters. The molecule has 60 heavy (non-hydrogen) atoms. The number of hydrogen-bond donors (Lipinski definition) is 0. The van der Waals surface area contributed by atoms with Gasteiger partial charge in [-0.2, -0.15) is 0 Å². The average Bonchev–Trinajstić information content (AvgIpc) is 3.71. The second-order valence-corrected chi connectivity index (χ2v) is 15.9. The van der Waals surface area contributed by atoms with Gasteiger partial charge in [0.25, 0.3) is 0 Å². The van der Waals surface area contributed by atoms with Gasteiger partial charge in [0.15, 0.2) is 17.5 Å². The molecule has 282 valence electrons. The van der Waals surface area contributed by atoms with Crippen molar-refractivity contribution in [3.63, 3.8) is 0 Å². The van der Waals surface area contributed by atoms with Crippen LogP contribution in [0.25, 0.3) is 87.4 Å². The lowest BCUT2D eigenvalue weighted by molar-refractivity contribution is 1.08. The van der Waals surface area contributed by atoms with Crippen molar-refractivity contribution in [3.8, 4) is 56.4 Å². The van der Waals surface area contributed by atoms with E-state index in [2.05, 4.69) is 163 Å². The molecule has 11 aromatic rings. The Morgan fingerprint density at radius 1 is 0.300 bits per heavy atom. The largest absolute Gasteiger partial charge is 0.311 e. The van der Waals surface area contributed by atoms with E-state index in [1.54, 1.807) is 0 Å². The van der Waals surface area contributed by atoms with E-state index >= 15 is 0 Å². The Balaban J connectivity index is 0.988. The predicted octanol–water partition coefficient (Wildman–Crippen LogP) is 15.2. The molecule has 0 unspecified atom stereocenters. The predicted molar refractivity (Wildman–Crippen MR) is 252 cm³/mol. The van der Waals surface area contributed by atoms with Crippen molar-refractivity contribution in [2.75, 3.05) is 4.90 Å². The van der Waals surface area contributed by atoms with Gasteiger partial charge in [0.1, 0.15) is 0 Å². The van der Waals surface area contributed by atoms with Crippen LogP contribution < -0.4 is 4.90 Å². The molecule has 0 radical (unpaired) electrons. The van der Waals surface area contributed by atoms with Gasteiger partial charge in [-0.1, -0.05) is 164 Å². The highest BCUT2D eigenvalue weighted by Crippen LogP contribution is 2.45. The number of aromatic nitrogens is 3. The van der Waals surface area contributed by atoms with E-state index in [4.69, 9.17) is 15.0 Å². The molecule has 5 heteroatoms. The van der Waals surface area contributed by atoms with Crippen LogP contribution in [0.4, 0.5) is 17.1 Å². The molecule has 0 N–H and O–H groups in total. The number of fused-ring (bicyclic) bond motifs is 4. The van der Waals surface area contributed by atoms with Crippen molar-refractivity contribution in [1.82, 2.24) is 15.0 Å². The van der Waals surface area contributed by atoms with Gasteiger partial charge >= 0.3 is 0 Å². The summed E-state index contributed by atoms with van der Waals surface area (Å²) in [6.07, 6.45) is 0. The summed E-state index contributed by atoms with van der Waals surface area (Å²) in [6, 6.07) is 76.9. The van der Waals surface area contributed by atoms with E-state index in [1.165, 1.54) is 42.4 Å². The Kier molecular flexibility index (Phi) is 8.99. The van der Waals surface area contributed by atoms with Crippen LogP contribution >= 0.6 is 11.3 Å². The van der Waals surface area contributed by atoms with Crippen LogP contribution in [-0.2, 0) is 0 Å². The first-order chi connectivity index (χ1) is 29.7. The first-order valence-electron chi connectivity index (χ1n) is 20.1. The van der Waals surface area contributed by atoms with Crippen LogP contribution in [0.1, 0.15) is 0 Å². The number of rotatable bonds is 8. The van der Waals surface area contributed by atoms with Gasteiger partial charge in [0, 0.05) is 53.9 Å². The van der Waals surface area contributed by atoms with E-state index in [9.17, 15) is 0 Å². The molecule has 0 bridgehead atoms. The maximum Gasteiger partial charge on any atom is 0.164 e. The zero-order valence-electron chi connectivity index (χ0n) is 32.5. The second kappa shape index (κ2) is 15.2.